The molecule has 0 atom stereocenters. The van der Waals surface area contributed by atoms with E-state index in [2.05, 4.69) is 55.1 Å². The second kappa shape index (κ2) is 5.41. The highest BCUT2D eigenvalue weighted by molar-refractivity contribution is 5.90. The fourth-order valence-corrected chi connectivity index (χ4v) is 2.63. The van der Waals surface area contributed by atoms with Crippen LogP contribution in [0.5, 0.6) is 5.75 Å². The Labute approximate surface area is 119 Å². The molecule has 1 aromatic heterocycles. The summed E-state index contributed by atoms with van der Waals surface area (Å²) in [6.07, 6.45) is 3.21. The zero-order chi connectivity index (χ0) is 13.9. The Morgan fingerprint density at radius 2 is 1.80 bits per heavy atom. The zero-order valence-corrected chi connectivity index (χ0v) is 12.0. The van der Waals surface area contributed by atoms with Gasteiger partial charge in [0.2, 0.25) is 0 Å². The van der Waals surface area contributed by atoms with E-state index in [0.717, 1.165) is 12.2 Å². The smallest absolute Gasteiger partial charge is 0.129 e. The number of ether oxygens (including phenoxy) is 1. The molecule has 0 unspecified atom stereocenters. The second-order valence-corrected chi connectivity index (χ2v) is 5.04. The van der Waals surface area contributed by atoms with Gasteiger partial charge in [0.25, 0.3) is 0 Å². The summed E-state index contributed by atoms with van der Waals surface area (Å²) in [5, 5.41) is 1.24. The molecule has 0 aliphatic heterocycles. The van der Waals surface area contributed by atoms with Gasteiger partial charge in [0.15, 0.2) is 0 Å². The quantitative estimate of drug-likeness (QED) is 0.685. The first kappa shape index (κ1) is 12.8. The Bertz CT molecular complexity index is 713. The van der Waals surface area contributed by atoms with Gasteiger partial charge in [-0.15, -0.1) is 0 Å². The maximum Gasteiger partial charge on any atom is 0.129 e. The summed E-state index contributed by atoms with van der Waals surface area (Å²) < 4.78 is 8.22. The highest BCUT2D eigenvalue weighted by Crippen LogP contribution is 2.31. The average molecular weight is 265 g/mol. The number of nitrogens with zero attached hydrogens (tertiary/aromatic N) is 1. The van der Waals surface area contributed by atoms with Crippen LogP contribution in [0.3, 0.4) is 0 Å². The Hall–Kier alpha value is -2.22. The van der Waals surface area contributed by atoms with Crippen LogP contribution in [0, 0.1) is 0 Å². The van der Waals surface area contributed by atoms with E-state index in [9.17, 15) is 0 Å². The zero-order valence-electron chi connectivity index (χ0n) is 12.0. The molecule has 0 aliphatic rings. The molecule has 2 aromatic carbocycles. The molecule has 3 aromatic rings. The van der Waals surface area contributed by atoms with Crippen LogP contribution in [0.1, 0.15) is 18.1 Å². The molecule has 102 valence electrons. The lowest BCUT2D eigenvalue weighted by molar-refractivity contribution is 0.310. The van der Waals surface area contributed by atoms with Crippen molar-refractivity contribution in [3.05, 3.63) is 65.9 Å². The monoisotopic (exact) mass is 265 g/mol. The number of benzene rings is 2. The number of fused-ring (bicyclic) bond motifs is 1. The topological polar surface area (TPSA) is 14.2 Å². The van der Waals surface area contributed by atoms with E-state index in [1.54, 1.807) is 0 Å². The molecule has 3 rings (SSSR count). The van der Waals surface area contributed by atoms with Gasteiger partial charge in [-0.25, -0.2) is 0 Å². The van der Waals surface area contributed by atoms with Crippen LogP contribution < -0.4 is 4.74 Å². The minimum absolute atomic E-state index is 0.609. The van der Waals surface area contributed by atoms with Gasteiger partial charge >= 0.3 is 0 Å². The molecule has 0 radical (unpaired) electrons. The van der Waals surface area contributed by atoms with Crippen molar-refractivity contribution in [1.82, 2.24) is 4.57 Å². The summed E-state index contributed by atoms with van der Waals surface area (Å²) in [7, 11) is 2.09. The molecule has 0 saturated heterocycles. The van der Waals surface area contributed by atoms with Gasteiger partial charge in [0.05, 0.1) is 5.52 Å². The van der Waals surface area contributed by atoms with E-state index in [4.69, 9.17) is 4.74 Å². The third kappa shape index (κ3) is 2.29. The maximum absolute atomic E-state index is 6.05. The van der Waals surface area contributed by atoms with Crippen molar-refractivity contribution in [2.45, 2.75) is 20.0 Å². The molecule has 2 heteroatoms. The summed E-state index contributed by atoms with van der Waals surface area (Å²) in [5.74, 6) is 0.976. The summed E-state index contributed by atoms with van der Waals surface area (Å²) >= 11 is 0. The van der Waals surface area contributed by atoms with E-state index < -0.39 is 0 Å². The van der Waals surface area contributed by atoms with Gasteiger partial charge in [-0.1, -0.05) is 43.3 Å². The van der Waals surface area contributed by atoms with Crippen molar-refractivity contribution in [3.63, 3.8) is 0 Å². The molecule has 0 N–H and O–H groups in total. The van der Waals surface area contributed by atoms with Crippen LogP contribution in [-0.2, 0) is 20.1 Å². The summed E-state index contributed by atoms with van der Waals surface area (Å²) in [6, 6.07) is 16.5. The Kier molecular flexibility index (Phi) is 3.46. The molecule has 0 amide bonds. The van der Waals surface area contributed by atoms with Gasteiger partial charge < -0.3 is 9.30 Å². The first-order valence-corrected chi connectivity index (χ1v) is 7.03. The molecule has 1 heterocycles. The third-order valence-corrected chi connectivity index (χ3v) is 3.67. The SMILES string of the molecule is CCc1cn(C)c2cccc(OCc3ccccc3)c12. The number of aromatic nitrogens is 1. The fourth-order valence-electron chi connectivity index (χ4n) is 2.63. The molecule has 2 nitrogen and oxygen atoms in total. The first-order chi connectivity index (χ1) is 9.79. The number of aryl methyl sites for hydroxylation is 2. The van der Waals surface area contributed by atoms with Crippen molar-refractivity contribution in [1.29, 1.82) is 0 Å². The van der Waals surface area contributed by atoms with Crippen molar-refractivity contribution in [2.75, 3.05) is 0 Å². The molecular weight excluding hydrogens is 246 g/mol. The fraction of sp³-hybridized carbons (Fsp3) is 0.222. The van der Waals surface area contributed by atoms with Crippen LogP contribution in [0.4, 0.5) is 0 Å². The Balaban J connectivity index is 1.95. The molecule has 20 heavy (non-hydrogen) atoms. The van der Waals surface area contributed by atoms with E-state index >= 15 is 0 Å². The van der Waals surface area contributed by atoms with Gasteiger partial charge in [0, 0.05) is 18.6 Å². The number of hydrogen-bond acceptors (Lipinski definition) is 1. The largest absolute Gasteiger partial charge is 0.488 e. The first-order valence-electron chi connectivity index (χ1n) is 7.03. The predicted molar refractivity (Wildman–Crippen MR) is 83.1 cm³/mol. The van der Waals surface area contributed by atoms with Crippen molar-refractivity contribution in [3.8, 4) is 5.75 Å². The lowest BCUT2D eigenvalue weighted by Crippen LogP contribution is -1.96. The summed E-state index contributed by atoms with van der Waals surface area (Å²) in [4.78, 5) is 0. The van der Waals surface area contributed by atoms with Crippen LogP contribution in [0.15, 0.2) is 54.7 Å². The van der Waals surface area contributed by atoms with Gasteiger partial charge in [-0.2, -0.15) is 0 Å². The molecule has 0 fully saturated rings. The molecule has 0 bridgehead atoms. The van der Waals surface area contributed by atoms with Crippen molar-refractivity contribution >= 4 is 10.9 Å². The molecular formula is C18H19NO. The lowest BCUT2D eigenvalue weighted by atomic mass is 10.1. The number of hydrogen-bond donors (Lipinski definition) is 0. The minimum atomic E-state index is 0.609. The Morgan fingerprint density at radius 1 is 1.00 bits per heavy atom. The summed E-state index contributed by atoms with van der Waals surface area (Å²) in [5.41, 5.74) is 3.76. The van der Waals surface area contributed by atoms with Crippen LogP contribution in [0.2, 0.25) is 0 Å². The lowest BCUT2D eigenvalue weighted by Gasteiger charge is -2.09. The van der Waals surface area contributed by atoms with Crippen LogP contribution in [-0.4, -0.2) is 4.57 Å². The predicted octanol–water partition coefficient (Wildman–Crippen LogP) is 4.32. The highest BCUT2D eigenvalue weighted by atomic mass is 16.5. The average Bonchev–Trinajstić information content (AvgIpc) is 2.83. The molecule has 0 aliphatic carbocycles. The molecule has 0 spiro atoms. The normalized spacial score (nSPS) is 10.9. The second-order valence-electron chi connectivity index (χ2n) is 5.04. The van der Waals surface area contributed by atoms with E-state index in [1.807, 2.05) is 18.2 Å². The molecule has 0 saturated carbocycles. The standard InChI is InChI=1S/C18H19NO/c1-3-15-12-19(2)16-10-7-11-17(18(15)16)20-13-14-8-5-4-6-9-14/h4-12H,3,13H2,1-2H3. The van der Waals surface area contributed by atoms with E-state index in [0.29, 0.717) is 6.61 Å². The maximum atomic E-state index is 6.05. The highest BCUT2D eigenvalue weighted by Gasteiger charge is 2.10. The minimum Gasteiger partial charge on any atom is -0.488 e. The number of rotatable bonds is 4. The summed E-state index contributed by atoms with van der Waals surface area (Å²) in [6.45, 7) is 2.79. The van der Waals surface area contributed by atoms with Crippen molar-refractivity contribution < 1.29 is 4.74 Å². The Morgan fingerprint density at radius 3 is 2.55 bits per heavy atom. The van der Waals surface area contributed by atoms with E-state index in [-0.39, 0.29) is 0 Å². The van der Waals surface area contributed by atoms with E-state index in [1.165, 1.54) is 22.0 Å². The van der Waals surface area contributed by atoms with Crippen LogP contribution in [0.25, 0.3) is 10.9 Å². The van der Waals surface area contributed by atoms with Gasteiger partial charge in [-0.3, -0.25) is 0 Å². The van der Waals surface area contributed by atoms with Gasteiger partial charge in [-0.05, 0) is 29.7 Å². The van der Waals surface area contributed by atoms with Crippen LogP contribution >= 0.6 is 0 Å². The van der Waals surface area contributed by atoms with Gasteiger partial charge in [0.1, 0.15) is 12.4 Å². The third-order valence-electron chi connectivity index (χ3n) is 3.67. The van der Waals surface area contributed by atoms with Crippen molar-refractivity contribution in [2.24, 2.45) is 7.05 Å².